The summed E-state index contributed by atoms with van der Waals surface area (Å²) in [5.74, 6) is 1.54. The van der Waals surface area contributed by atoms with Crippen molar-refractivity contribution in [3.63, 3.8) is 0 Å². The number of hydrogen-bond donors (Lipinski definition) is 1. The van der Waals surface area contributed by atoms with Crippen LogP contribution in [-0.4, -0.2) is 65.8 Å². The molecule has 2 saturated heterocycles. The molecule has 3 heterocycles. The average Bonchev–Trinajstić information content (AvgIpc) is 2.97. The molecule has 2 aliphatic heterocycles. The molecule has 1 aromatic heterocycles. The first-order chi connectivity index (χ1) is 12.0. The van der Waals surface area contributed by atoms with Gasteiger partial charge < -0.3 is 25.0 Å². The summed E-state index contributed by atoms with van der Waals surface area (Å²) in [6, 6.07) is 1.81. The zero-order valence-corrected chi connectivity index (χ0v) is 15.0. The average molecular weight is 349 g/mol. The quantitative estimate of drug-likeness (QED) is 0.869. The molecule has 0 unspecified atom stereocenters. The van der Waals surface area contributed by atoms with Gasteiger partial charge in [0.2, 0.25) is 11.8 Å². The maximum absolute atomic E-state index is 12.5. The van der Waals surface area contributed by atoms with Crippen LogP contribution in [-0.2, 0) is 9.53 Å². The summed E-state index contributed by atoms with van der Waals surface area (Å²) in [7, 11) is 0. The fraction of sp³-hybridized carbons (Fsp3) is 0.706. The summed E-state index contributed by atoms with van der Waals surface area (Å²) in [5, 5.41) is 0. The number of rotatable bonds is 4. The minimum atomic E-state index is -0.257. The molecule has 0 radical (unpaired) electrons. The van der Waals surface area contributed by atoms with Gasteiger partial charge in [-0.25, -0.2) is 0 Å². The van der Waals surface area contributed by atoms with Crippen LogP contribution < -0.4 is 15.4 Å². The number of aromatic nitrogens is 2. The lowest BCUT2D eigenvalue weighted by atomic mass is 10.2. The summed E-state index contributed by atoms with van der Waals surface area (Å²) in [5.41, 5.74) is 5.83. The van der Waals surface area contributed by atoms with Crippen LogP contribution in [0.3, 0.4) is 0 Å². The molecule has 2 fully saturated rings. The van der Waals surface area contributed by atoms with Gasteiger partial charge >= 0.3 is 0 Å². The van der Waals surface area contributed by atoms with Gasteiger partial charge in [-0.2, -0.15) is 9.97 Å². The number of carbonyl (C=O) groups excluding carboxylic acids is 1. The third-order valence-corrected chi connectivity index (χ3v) is 4.40. The van der Waals surface area contributed by atoms with Crippen LogP contribution in [0.15, 0.2) is 6.07 Å². The molecule has 1 atom stereocenters. The first kappa shape index (κ1) is 17.7. The maximum atomic E-state index is 12.5. The number of carbonyl (C=O) groups is 1. The van der Waals surface area contributed by atoms with Crippen molar-refractivity contribution in [2.75, 3.05) is 43.4 Å². The Balaban J connectivity index is 1.66. The predicted octanol–water partition coefficient (Wildman–Crippen LogP) is 1.06. The topological polar surface area (TPSA) is 93.8 Å². The normalized spacial score (nSPS) is 21.5. The standard InChI is InChI=1S/C17H27N5O3/c1-12(2)25-15-11-14(19-17(18)20-15)21-6-4-7-22(9-8-21)16(23)13-5-3-10-24-13/h11-13H,3-10H2,1-2H3,(H2,18,19,20)/t13-/m0/s1. The van der Waals surface area contributed by atoms with E-state index < -0.39 is 0 Å². The van der Waals surface area contributed by atoms with Crippen LogP contribution in [0.1, 0.15) is 33.1 Å². The summed E-state index contributed by atoms with van der Waals surface area (Å²) < 4.78 is 11.2. The summed E-state index contributed by atoms with van der Waals surface area (Å²) in [4.78, 5) is 25.0. The molecule has 3 rings (SSSR count). The second-order valence-corrected chi connectivity index (χ2v) is 6.76. The van der Waals surface area contributed by atoms with Crippen LogP contribution in [0.4, 0.5) is 11.8 Å². The van der Waals surface area contributed by atoms with Crippen molar-refractivity contribution >= 4 is 17.7 Å². The van der Waals surface area contributed by atoms with Crippen LogP contribution >= 0.6 is 0 Å². The molecular weight excluding hydrogens is 322 g/mol. The Kier molecular flexibility index (Phi) is 5.57. The molecular formula is C17H27N5O3. The number of nitrogens with two attached hydrogens (primary N) is 1. The zero-order chi connectivity index (χ0) is 17.8. The second-order valence-electron chi connectivity index (χ2n) is 6.76. The van der Waals surface area contributed by atoms with E-state index in [1.165, 1.54) is 0 Å². The van der Waals surface area contributed by atoms with E-state index in [4.69, 9.17) is 15.2 Å². The second kappa shape index (κ2) is 7.86. The van der Waals surface area contributed by atoms with Gasteiger partial charge in [0.25, 0.3) is 5.91 Å². The Bertz CT molecular complexity index is 604. The SMILES string of the molecule is CC(C)Oc1cc(N2CCCN(C(=O)[C@@H]3CCCO3)CC2)nc(N)n1. The van der Waals surface area contributed by atoms with Crippen LogP contribution in [0.2, 0.25) is 0 Å². The molecule has 25 heavy (non-hydrogen) atoms. The highest BCUT2D eigenvalue weighted by atomic mass is 16.5. The van der Waals surface area contributed by atoms with E-state index in [2.05, 4.69) is 14.9 Å². The van der Waals surface area contributed by atoms with E-state index >= 15 is 0 Å². The lowest BCUT2D eigenvalue weighted by Gasteiger charge is -2.25. The third-order valence-electron chi connectivity index (χ3n) is 4.40. The van der Waals surface area contributed by atoms with Gasteiger partial charge in [0.1, 0.15) is 11.9 Å². The van der Waals surface area contributed by atoms with E-state index in [1.54, 1.807) is 0 Å². The molecule has 0 saturated carbocycles. The summed E-state index contributed by atoms with van der Waals surface area (Å²) >= 11 is 0. The van der Waals surface area contributed by atoms with E-state index in [9.17, 15) is 4.79 Å². The zero-order valence-electron chi connectivity index (χ0n) is 15.0. The van der Waals surface area contributed by atoms with Crippen LogP contribution in [0.25, 0.3) is 0 Å². The van der Waals surface area contributed by atoms with E-state index in [0.29, 0.717) is 25.6 Å². The molecule has 0 spiro atoms. The smallest absolute Gasteiger partial charge is 0.251 e. The maximum Gasteiger partial charge on any atom is 0.251 e. The fourth-order valence-corrected chi connectivity index (χ4v) is 3.24. The van der Waals surface area contributed by atoms with Gasteiger partial charge in [0, 0.05) is 38.9 Å². The largest absolute Gasteiger partial charge is 0.475 e. The van der Waals surface area contributed by atoms with Crippen molar-refractivity contribution in [2.24, 2.45) is 0 Å². The van der Waals surface area contributed by atoms with Crippen LogP contribution in [0, 0.1) is 0 Å². The van der Waals surface area contributed by atoms with E-state index in [0.717, 1.165) is 38.2 Å². The number of hydrogen-bond acceptors (Lipinski definition) is 7. The molecule has 8 nitrogen and oxygen atoms in total. The van der Waals surface area contributed by atoms with Crippen molar-refractivity contribution in [1.82, 2.24) is 14.9 Å². The monoisotopic (exact) mass is 349 g/mol. The van der Waals surface area contributed by atoms with Crippen molar-refractivity contribution < 1.29 is 14.3 Å². The third kappa shape index (κ3) is 4.50. The Hall–Kier alpha value is -2.09. The Morgan fingerprint density at radius 2 is 2.12 bits per heavy atom. The summed E-state index contributed by atoms with van der Waals surface area (Å²) in [6.45, 7) is 7.49. The molecule has 2 aliphatic rings. The van der Waals surface area contributed by atoms with Gasteiger partial charge in [-0.3, -0.25) is 4.79 Å². The van der Waals surface area contributed by atoms with E-state index in [1.807, 2.05) is 24.8 Å². The molecule has 8 heteroatoms. The summed E-state index contributed by atoms with van der Waals surface area (Å²) in [6.07, 6.45) is 2.44. The minimum absolute atomic E-state index is 0.0193. The van der Waals surface area contributed by atoms with Gasteiger partial charge in [0.15, 0.2) is 0 Å². The lowest BCUT2D eigenvalue weighted by Crippen LogP contribution is -2.41. The molecule has 2 N–H and O–H groups in total. The van der Waals surface area contributed by atoms with Crippen molar-refractivity contribution in [3.05, 3.63) is 6.07 Å². The molecule has 138 valence electrons. The predicted molar refractivity (Wildman–Crippen MR) is 94.6 cm³/mol. The Morgan fingerprint density at radius 3 is 2.84 bits per heavy atom. The highest BCUT2D eigenvalue weighted by Crippen LogP contribution is 2.22. The first-order valence-electron chi connectivity index (χ1n) is 8.99. The number of nitrogen functional groups attached to an aromatic ring is 1. The van der Waals surface area contributed by atoms with E-state index in [-0.39, 0.29) is 24.1 Å². The minimum Gasteiger partial charge on any atom is -0.475 e. The van der Waals surface area contributed by atoms with Crippen LogP contribution in [0.5, 0.6) is 5.88 Å². The van der Waals surface area contributed by atoms with Gasteiger partial charge in [-0.15, -0.1) is 0 Å². The molecule has 0 aromatic carbocycles. The number of ether oxygens (including phenoxy) is 2. The first-order valence-corrected chi connectivity index (χ1v) is 8.99. The number of nitrogens with zero attached hydrogens (tertiary/aromatic N) is 4. The Labute approximate surface area is 148 Å². The van der Waals surface area contributed by atoms with Crippen molar-refractivity contribution in [1.29, 1.82) is 0 Å². The fourth-order valence-electron chi connectivity index (χ4n) is 3.24. The highest BCUT2D eigenvalue weighted by Gasteiger charge is 2.29. The number of amides is 1. The van der Waals surface area contributed by atoms with Gasteiger partial charge in [0.05, 0.1) is 6.10 Å². The van der Waals surface area contributed by atoms with Crippen molar-refractivity contribution in [2.45, 2.75) is 45.3 Å². The molecule has 1 amide bonds. The molecule has 1 aromatic rings. The Morgan fingerprint density at radius 1 is 1.28 bits per heavy atom. The lowest BCUT2D eigenvalue weighted by molar-refractivity contribution is -0.140. The van der Waals surface area contributed by atoms with Gasteiger partial charge in [-0.1, -0.05) is 0 Å². The highest BCUT2D eigenvalue weighted by molar-refractivity contribution is 5.81. The number of anilines is 2. The molecule has 0 bridgehead atoms. The van der Waals surface area contributed by atoms with Crippen molar-refractivity contribution in [3.8, 4) is 5.88 Å². The molecule has 0 aliphatic carbocycles. The van der Waals surface area contributed by atoms with Gasteiger partial charge in [-0.05, 0) is 33.1 Å².